The fraction of sp³-hybridized carbons (Fsp3) is 0.250. The third-order valence-corrected chi connectivity index (χ3v) is 2.87. The molecule has 0 saturated heterocycles. The first-order valence-electron chi connectivity index (χ1n) is 6.88. The molecule has 0 fully saturated rings. The maximum atomic E-state index is 12.1. The smallest absolute Gasteiger partial charge is 0.491 e. The fourth-order valence-electron chi connectivity index (χ4n) is 1.85. The minimum atomic E-state index is -4.68. The van der Waals surface area contributed by atoms with Crippen LogP contribution in [-0.4, -0.2) is 24.7 Å². The zero-order valence-corrected chi connectivity index (χ0v) is 12.1. The van der Waals surface area contributed by atoms with E-state index in [0.717, 1.165) is 11.3 Å². The van der Waals surface area contributed by atoms with Crippen LogP contribution in [0, 0.1) is 0 Å². The van der Waals surface area contributed by atoms with E-state index in [9.17, 15) is 13.2 Å². The summed E-state index contributed by atoms with van der Waals surface area (Å²) in [6.45, 7) is 0.649. The van der Waals surface area contributed by atoms with Gasteiger partial charge >= 0.3 is 6.36 Å². The molecule has 0 aromatic heterocycles. The van der Waals surface area contributed by atoms with Crippen LogP contribution in [0.1, 0.15) is 5.56 Å². The molecule has 2 N–H and O–H groups in total. The number of alkyl halides is 3. The molecule has 7 heteroatoms. The van der Waals surface area contributed by atoms with Gasteiger partial charge in [-0.1, -0.05) is 12.1 Å². The molecule has 2 rings (SSSR count). The van der Waals surface area contributed by atoms with Gasteiger partial charge in [0.05, 0.1) is 6.61 Å². The number of hydrogen-bond donors (Lipinski definition) is 2. The summed E-state index contributed by atoms with van der Waals surface area (Å²) in [7, 11) is 0. The zero-order valence-electron chi connectivity index (χ0n) is 12.1. The molecule has 0 heterocycles. The fourth-order valence-corrected chi connectivity index (χ4v) is 1.85. The number of anilines is 1. The van der Waals surface area contributed by atoms with Gasteiger partial charge in [-0.3, -0.25) is 0 Å². The molecule has 0 bridgehead atoms. The van der Waals surface area contributed by atoms with Crippen molar-refractivity contribution in [3.05, 3.63) is 54.1 Å². The standard InChI is InChI=1S/C16H16F3NO3/c17-16(18,19)23-15-5-1-12(2-6-15)11-20-13-3-7-14(8-4-13)22-10-9-21/h1-8,20-21H,9-11H2. The highest BCUT2D eigenvalue weighted by molar-refractivity contribution is 5.47. The molecule has 0 saturated carbocycles. The Hall–Kier alpha value is -2.41. The van der Waals surface area contributed by atoms with Gasteiger partial charge in [0.25, 0.3) is 0 Å². The Morgan fingerprint density at radius 2 is 1.52 bits per heavy atom. The number of halogens is 3. The summed E-state index contributed by atoms with van der Waals surface area (Å²) in [5.74, 6) is 0.407. The van der Waals surface area contributed by atoms with E-state index in [4.69, 9.17) is 9.84 Å². The van der Waals surface area contributed by atoms with E-state index in [0.29, 0.717) is 12.3 Å². The van der Waals surface area contributed by atoms with Crippen molar-refractivity contribution in [2.75, 3.05) is 18.5 Å². The molecule has 0 spiro atoms. The van der Waals surface area contributed by atoms with Crippen LogP contribution in [0.4, 0.5) is 18.9 Å². The second-order valence-electron chi connectivity index (χ2n) is 4.64. The average Bonchev–Trinajstić information content (AvgIpc) is 2.52. The minimum Gasteiger partial charge on any atom is -0.491 e. The van der Waals surface area contributed by atoms with Crippen LogP contribution < -0.4 is 14.8 Å². The Balaban J connectivity index is 1.85. The Morgan fingerprint density at radius 3 is 2.09 bits per heavy atom. The molecule has 0 unspecified atom stereocenters. The van der Waals surface area contributed by atoms with E-state index in [1.807, 2.05) is 12.1 Å². The number of rotatable bonds is 7. The summed E-state index contributed by atoms with van der Waals surface area (Å²) < 4.78 is 45.2. The molecule has 0 aliphatic heterocycles. The van der Waals surface area contributed by atoms with Crippen LogP contribution in [0.2, 0.25) is 0 Å². The Bertz CT molecular complexity index is 597. The average molecular weight is 327 g/mol. The van der Waals surface area contributed by atoms with Crippen molar-refractivity contribution < 1.29 is 27.8 Å². The molecule has 2 aromatic rings. The maximum absolute atomic E-state index is 12.1. The highest BCUT2D eigenvalue weighted by Crippen LogP contribution is 2.23. The normalized spacial score (nSPS) is 11.1. The molecule has 0 radical (unpaired) electrons. The van der Waals surface area contributed by atoms with Crippen LogP contribution in [-0.2, 0) is 6.54 Å². The number of aliphatic hydroxyl groups excluding tert-OH is 1. The molecule has 23 heavy (non-hydrogen) atoms. The first-order chi connectivity index (χ1) is 11.0. The molecule has 0 amide bonds. The Kier molecular flexibility index (Phi) is 5.70. The predicted molar refractivity (Wildman–Crippen MR) is 79.5 cm³/mol. The van der Waals surface area contributed by atoms with Crippen LogP contribution >= 0.6 is 0 Å². The summed E-state index contributed by atoms with van der Waals surface area (Å²) in [6, 6.07) is 12.8. The molecular formula is C16H16F3NO3. The molecule has 0 atom stereocenters. The third kappa shape index (κ3) is 6.07. The highest BCUT2D eigenvalue weighted by atomic mass is 19.4. The van der Waals surface area contributed by atoms with Crippen LogP contribution in [0.25, 0.3) is 0 Å². The lowest BCUT2D eigenvalue weighted by atomic mass is 10.2. The second kappa shape index (κ2) is 7.73. The lowest BCUT2D eigenvalue weighted by Gasteiger charge is -2.10. The number of benzene rings is 2. The third-order valence-electron chi connectivity index (χ3n) is 2.87. The van der Waals surface area contributed by atoms with Crippen molar-refractivity contribution in [1.29, 1.82) is 0 Å². The minimum absolute atomic E-state index is 0.0476. The molecular weight excluding hydrogens is 311 g/mol. The van der Waals surface area contributed by atoms with E-state index < -0.39 is 6.36 Å². The van der Waals surface area contributed by atoms with Crippen molar-refractivity contribution in [1.82, 2.24) is 0 Å². The van der Waals surface area contributed by atoms with Crippen LogP contribution in [0.3, 0.4) is 0 Å². The number of ether oxygens (including phenoxy) is 2. The summed E-state index contributed by atoms with van der Waals surface area (Å²) in [4.78, 5) is 0. The number of hydrogen-bond acceptors (Lipinski definition) is 4. The summed E-state index contributed by atoms with van der Waals surface area (Å²) in [5, 5.41) is 11.8. The largest absolute Gasteiger partial charge is 0.573 e. The quantitative estimate of drug-likeness (QED) is 0.816. The second-order valence-corrected chi connectivity index (χ2v) is 4.64. The van der Waals surface area contributed by atoms with E-state index in [-0.39, 0.29) is 19.0 Å². The van der Waals surface area contributed by atoms with E-state index in [1.165, 1.54) is 12.1 Å². The summed E-state index contributed by atoms with van der Waals surface area (Å²) in [5.41, 5.74) is 1.66. The van der Waals surface area contributed by atoms with Gasteiger partial charge in [-0.05, 0) is 42.0 Å². The van der Waals surface area contributed by atoms with Crippen LogP contribution in [0.15, 0.2) is 48.5 Å². The molecule has 0 aliphatic rings. The van der Waals surface area contributed by atoms with Crippen LogP contribution in [0.5, 0.6) is 11.5 Å². The number of nitrogens with one attached hydrogen (secondary N) is 1. The van der Waals surface area contributed by atoms with Gasteiger partial charge < -0.3 is 19.9 Å². The summed E-state index contributed by atoms with van der Waals surface area (Å²) in [6.07, 6.45) is -4.68. The van der Waals surface area contributed by atoms with Gasteiger partial charge in [-0.25, -0.2) is 0 Å². The topological polar surface area (TPSA) is 50.7 Å². The molecule has 2 aromatic carbocycles. The van der Waals surface area contributed by atoms with Crippen molar-refractivity contribution in [3.8, 4) is 11.5 Å². The Labute approximate surface area is 131 Å². The van der Waals surface area contributed by atoms with Gasteiger partial charge in [-0.15, -0.1) is 13.2 Å². The SMILES string of the molecule is OCCOc1ccc(NCc2ccc(OC(F)(F)F)cc2)cc1. The van der Waals surface area contributed by atoms with E-state index in [1.54, 1.807) is 24.3 Å². The Morgan fingerprint density at radius 1 is 0.913 bits per heavy atom. The molecule has 4 nitrogen and oxygen atoms in total. The first kappa shape index (κ1) is 17.0. The first-order valence-corrected chi connectivity index (χ1v) is 6.88. The van der Waals surface area contributed by atoms with E-state index in [2.05, 4.69) is 10.1 Å². The van der Waals surface area contributed by atoms with Gasteiger partial charge in [-0.2, -0.15) is 0 Å². The van der Waals surface area contributed by atoms with Crippen molar-refractivity contribution >= 4 is 5.69 Å². The summed E-state index contributed by atoms with van der Waals surface area (Å²) >= 11 is 0. The molecule has 0 aliphatic carbocycles. The van der Waals surface area contributed by atoms with Crippen molar-refractivity contribution in [2.24, 2.45) is 0 Å². The van der Waals surface area contributed by atoms with E-state index >= 15 is 0 Å². The molecule has 124 valence electrons. The van der Waals surface area contributed by atoms with Crippen molar-refractivity contribution in [2.45, 2.75) is 12.9 Å². The van der Waals surface area contributed by atoms with Gasteiger partial charge in [0.2, 0.25) is 0 Å². The highest BCUT2D eigenvalue weighted by Gasteiger charge is 2.30. The lowest BCUT2D eigenvalue weighted by Crippen LogP contribution is -2.17. The predicted octanol–water partition coefficient (Wildman–Crippen LogP) is 3.57. The van der Waals surface area contributed by atoms with Gasteiger partial charge in [0, 0.05) is 12.2 Å². The zero-order chi connectivity index (χ0) is 16.7. The maximum Gasteiger partial charge on any atom is 0.573 e. The monoisotopic (exact) mass is 327 g/mol. The van der Waals surface area contributed by atoms with Gasteiger partial charge in [0.15, 0.2) is 0 Å². The lowest BCUT2D eigenvalue weighted by molar-refractivity contribution is -0.274. The van der Waals surface area contributed by atoms with Gasteiger partial charge in [0.1, 0.15) is 18.1 Å². The number of aliphatic hydroxyl groups is 1. The van der Waals surface area contributed by atoms with Crippen molar-refractivity contribution in [3.63, 3.8) is 0 Å².